The molecule has 2 saturated heterocycles. The molecule has 0 radical (unpaired) electrons. The number of nitrogens with zero attached hydrogens (tertiary/aromatic N) is 4. The molecule has 204 valence electrons. The van der Waals surface area contributed by atoms with Crippen molar-refractivity contribution < 1.29 is 23.9 Å². The number of morpholine rings is 1. The Labute approximate surface area is 227 Å². The van der Waals surface area contributed by atoms with Crippen molar-refractivity contribution in [3.05, 3.63) is 64.8 Å². The van der Waals surface area contributed by atoms with Gasteiger partial charge in [0.1, 0.15) is 12.4 Å². The Balaban J connectivity index is 1.35. The van der Waals surface area contributed by atoms with E-state index in [4.69, 9.17) is 9.47 Å². The number of ether oxygens (including phenoxy) is 2. The highest BCUT2D eigenvalue weighted by atomic mass is 16.5. The van der Waals surface area contributed by atoms with E-state index in [1.165, 1.54) is 4.90 Å². The van der Waals surface area contributed by atoms with E-state index in [0.29, 0.717) is 31.8 Å². The zero-order valence-electron chi connectivity index (χ0n) is 22.3. The fourth-order valence-electron chi connectivity index (χ4n) is 5.89. The molecule has 39 heavy (non-hydrogen) atoms. The molecule has 3 aliphatic heterocycles. The van der Waals surface area contributed by atoms with Crippen LogP contribution in [-0.2, 0) is 22.6 Å². The van der Waals surface area contributed by atoms with E-state index in [1.54, 1.807) is 19.0 Å². The molecule has 4 heterocycles. The minimum atomic E-state index is -0.417. The van der Waals surface area contributed by atoms with Crippen LogP contribution in [0.5, 0.6) is 5.75 Å². The van der Waals surface area contributed by atoms with Gasteiger partial charge in [-0.25, -0.2) is 4.79 Å². The molecular weight excluding hydrogens is 498 g/mol. The lowest BCUT2D eigenvalue weighted by Gasteiger charge is -2.41. The lowest BCUT2D eigenvalue weighted by molar-refractivity contribution is -0.132. The third-order valence-electron chi connectivity index (χ3n) is 8.03. The summed E-state index contributed by atoms with van der Waals surface area (Å²) < 4.78 is 13.8. The standard InChI is InChI=1S/C29H33N5O5/c1-30-27(35)20-5-3-19(4-6-20)16-34-24-8-7-21(39-14-11-32-9-12-38-13-10-32)15-22(24)26-23-17-33(18-25(26)34)29(37)31(2)28(23)36/h3-8,15,23H,9-14,16-18H2,1-2H3,(H,30,35). The number of aromatic nitrogens is 1. The van der Waals surface area contributed by atoms with Crippen molar-refractivity contribution in [1.29, 1.82) is 0 Å². The Bertz CT molecular complexity index is 1430. The predicted molar refractivity (Wildman–Crippen MR) is 145 cm³/mol. The van der Waals surface area contributed by atoms with E-state index >= 15 is 0 Å². The molecule has 1 aromatic heterocycles. The molecule has 0 saturated carbocycles. The summed E-state index contributed by atoms with van der Waals surface area (Å²) in [6.45, 7) is 6.10. The normalized spacial score (nSPS) is 19.4. The molecule has 1 unspecified atom stereocenters. The molecule has 2 bridgehead atoms. The van der Waals surface area contributed by atoms with Crippen LogP contribution in [0.15, 0.2) is 42.5 Å². The SMILES string of the molecule is CNC(=O)c1ccc(Cn2c3c(c4cc(OCCN5CCOCC5)ccc42)C2CN(C3)C(=O)N(C)C2=O)cc1. The van der Waals surface area contributed by atoms with Gasteiger partial charge in [-0.2, -0.15) is 0 Å². The molecule has 1 atom stereocenters. The van der Waals surface area contributed by atoms with E-state index in [2.05, 4.69) is 14.8 Å². The third kappa shape index (κ3) is 4.63. The number of nitrogens with one attached hydrogen (secondary N) is 1. The monoisotopic (exact) mass is 531 g/mol. The van der Waals surface area contributed by atoms with Gasteiger partial charge in [-0.1, -0.05) is 12.1 Å². The Morgan fingerprint density at radius 3 is 2.62 bits per heavy atom. The number of hydrogen-bond acceptors (Lipinski definition) is 6. The fourth-order valence-corrected chi connectivity index (χ4v) is 5.89. The van der Waals surface area contributed by atoms with Crippen LogP contribution in [-0.4, -0.2) is 97.2 Å². The first-order valence-corrected chi connectivity index (χ1v) is 13.4. The molecule has 0 spiro atoms. The summed E-state index contributed by atoms with van der Waals surface area (Å²) in [6, 6.07) is 13.3. The Hall–Kier alpha value is -3.89. The number of fused-ring (bicyclic) bond motifs is 6. The first-order valence-electron chi connectivity index (χ1n) is 13.4. The van der Waals surface area contributed by atoms with Gasteiger partial charge >= 0.3 is 6.03 Å². The zero-order chi connectivity index (χ0) is 27.1. The summed E-state index contributed by atoms with van der Waals surface area (Å²) in [5, 5.41) is 3.63. The Morgan fingerprint density at radius 1 is 1.10 bits per heavy atom. The molecule has 6 rings (SSSR count). The topological polar surface area (TPSA) is 96.3 Å². The highest BCUT2D eigenvalue weighted by molar-refractivity contribution is 6.04. The lowest BCUT2D eigenvalue weighted by Crippen LogP contribution is -2.56. The molecule has 10 heteroatoms. The molecule has 0 aliphatic carbocycles. The van der Waals surface area contributed by atoms with Gasteiger partial charge in [0.05, 0.1) is 25.7 Å². The second-order valence-corrected chi connectivity index (χ2v) is 10.3. The third-order valence-corrected chi connectivity index (χ3v) is 8.03. The van der Waals surface area contributed by atoms with Gasteiger partial charge in [-0.05, 0) is 41.5 Å². The number of rotatable bonds is 7. The molecule has 1 N–H and O–H groups in total. The van der Waals surface area contributed by atoms with Crippen LogP contribution in [0.4, 0.5) is 4.79 Å². The van der Waals surface area contributed by atoms with Crippen LogP contribution in [0.1, 0.15) is 33.1 Å². The van der Waals surface area contributed by atoms with Gasteiger partial charge in [-0.3, -0.25) is 19.4 Å². The second-order valence-electron chi connectivity index (χ2n) is 10.3. The summed E-state index contributed by atoms with van der Waals surface area (Å²) >= 11 is 0. The van der Waals surface area contributed by atoms with Crippen LogP contribution in [0.25, 0.3) is 10.9 Å². The number of likely N-dealkylation sites (N-methyl/N-ethyl adjacent to an activating group) is 1. The van der Waals surface area contributed by atoms with Crippen LogP contribution < -0.4 is 10.1 Å². The first-order chi connectivity index (χ1) is 18.9. The van der Waals surface area contributed by atoms with Crippen LogP contribution in [0, 0.1) is 0 Å². The van der Waals surface area contributed by atoms with Crippen molar-refractivity contribution in [3.63, 3.8) is 0 Å². The number of urea groups is 1. The van der Waals surface area contributed by atoms with Crippen molar-refractivity contribution in [2.75, 3.05) is 60.1 Å². The maximum Gasteiger partial charge on any atom is 0.326 e. The van der Waals surface area contributed by atoms with Crippen molar-refractivity contribution in [1.82, 2.24) is 24.6 Å². The average Bonchev–Trinajstić information content (AvgIpc) is 3.27. The van der Waals surface area contributed by atoms with Crippen molar-refractivity contribution in [2.24, 2.45) is 0 Å². The summed E-state index contributed by atoms with van der Waals surface area (Å²) in [7, 11) is 3.17. The minimum absolute atomic E-state index is 0.131. The van der Waals surface area contributed by atoms with Crippen LogP contribution in [0.3, 0.4) is 0 Å². The van der Waals surface area contributed by atoms with Crippen molar-refractivity contribution >= 4 is 28.7 Å². The van der Waals surface area contributed by atoms with Crippen molar-refractivity contribution in [3.8, 4) is 5.75 Å². The Kier molecular flexibility index (Phi) is 6.74. The number of carbonyl (C=O) groups is 3. The summed E-state index contributed by atoms with van der Waals surface area (Å²) in [5.74, 6) is 0.0401. The number of hydrogen-bond donors (Lipinski definition) is 1. The van der Waals surface area contributed by atoms with Gasteiger partial charge in [0.2, 0.25) is 5.91 Å². The smallest absolute Gasteiger partial charge is 0.326 e. The number of benzene rings is 2. The summed E-state index contributed by atoms with van der Waals surface area (Å²) in [6.07, 6.45) is 0. The maximum absolute atomic E-state index is 13.3. The fraction of sp³-hybridized carbons (Fsp3) is 0.414. The van der Waals surface area contributed by atoms with Crippen LogP contribution in [0.2, 0.25) is 0 Å². The zero-order valence-corrected chi connectivity index (χ0v) is 22.3. The van der Waals surface area contributed by atoms with Gasteiger partial charge < -0.3 is 24.3 Å². The maximum atomic E-state index is 13.3. The molecule has 2 fully saturated rings. The van der Waals surface area contributed by atoms with E-state index in [1.807, 2.05) is 42.5 Å². The van der Waals surface area contributed by atoms with Gasteiger partial charge in [-0.15, -0.1) is 0 Å². The lowest BCUT2D eigenvalue weighted by atomic mass is 9.89. The van der Waals surface area contributed by atoms with Crippen molar-refractivity contribution in [2.45, 2.75) is 19.0 Å². The quantitative estimate of drug-likeness (QED) is 0.503. The molecule has 3 aliphatic rings. The van der Waals surface area contributed by atoms with Gasteiger partial charge in [0.25, 0.3) is 5.91 Å². The molecule has 3 aromatic rings. The number of amides is 4. The highest BCUT2D eigenvalue weighted by Gasteiger charge is 2.44. The average molecular weight is 532 g/mol. The molecule has 4 amide bonds. The van der Waals surface area contributed by atoms with Gasteiger partial charge in [0.15, 0.2) is 0 Å². The largest absolute Gasteiger partial charge is 0.492 e. The minimum Gasteiger partial charge on any atom is -0.492 e. The first kappa shape index (κ1) is 25.4. The molecular formula is C29H33N5O5. The van der Waals surface area contributed by atoms with Gasteiger partial charge in [0, 0.05) is 69.0 Å². The second kappa shape index (κ2) is 10.3. The van der Waals surface area contributed by atoms with E-state index in [0.717, 1.165) is 66.3 Å². The van der Waals surface area contributed by atoms with Crippen LogP contribution >= 0.6 is 0 Å². The van der Waals surface area contributed by atoms with E-state index < -0.39 is 5.92 Å². The molecule has 2 aromatic carbocycles. The summed E-state index contributed by atoms with van der Waals surface area (Å²) in [5.41, 5.74) is 4.56. The van der Waals surface area contributed by atoms with E-state index in [9.17, 15) is 14.4 Å². The Morgan fingerprint density at radius 2 is 1.87 bits per heavy atom. The van der Waals surface area contributed by atoms with E-state index in [-0.39, 0.29) is 17.8 Å². The number of imide groups is 1. The molecule has 10 nitrogen and oxygen atoms in total. The highest BCUT2D eigenvalue weighted by Crippen LogP contribution is 2.41. The summed E-state index contributed by atoms with van der Waals surface area (Å²) in [4.78, 5) is 43.4. The predicted octanol–water partition coefficient (Wildman–Crippen LogP) is 2.25. The number of carbonyl (C=O) groups excluding carboxylic acids is 3.